The van der Waals surface area contributed by atoms with Crippen molar-refractivity contribution in [2.75, 3.05) is 33.3 Å². The fourth-order valence-electron chi connectivity index (χ4n) is 4.85. The molecule has 4 rings (SSSR count). The summed E-state index contributed by atoms with van der Waals surface area (Å²) in [5.74, 6) is 0.280. The molecule has 7 nitrogen and oxygen atoms in total. The molecule has 33 heavy (non-hydrogen) atoms. The van der Waals surface area contributed by atoms with Crippen LogP contribution in [-0.4, -0.2) is 62.6 Å². The predicted molar refractivity (Wildman–Crippen MR) is 125 cm³/mol. The highest BCUT2D eigenvalue weighted by molar-refractivity contribution is 7.89. The van der Waals surface area contributed by atoms with Gasteiger partial charge in [0.2, 0.25) is 10.0 Å². The number of likely N-dealkylation sites (tertiary alicyclic amines) is 1. The number of methoxy groups -OCH3 is 1. The fourth-order valence-corrected chi connectivity index (χ4v) is 6.64. The van der Waals surface area contributed by atoms with Crippen LogP contribution >= 0.6 is 0 Å². The molecule has 2 heterocycles. The third-order valence-corrected chi connectivity index (χ3v) is 8.86. The zero-order valence-corrected chi connectivity index (χ0v) is 20.2. The van der Waals surface area contributed by atoms with Gasteiger partial charge in [0.1, 0.15) is 10.6 Å². The number of Topliss-reactive ketones (excluding diaryl/α,β-unsaturated/α-hetero) is 1. The van der Waals surface area contributed by atoms with Crippen molar-refractivity contribution in [2.45, 2.75) is 38.0 Å². The number of carbonyl (C=O) groups is 2. The lowest BCUT2D eigenvalue weighted by Gasteiger charge is -2.39. The van der Waals surface area contributed by atoms with E-state index in [4.69, 9.17) is 4.74 Å². The second-order valence-corrected chi connectivity index (χ2v) is 11.1. The molecular formula is C25H30N2O5S. The Hall–Kier alpha value is -2.71. The Morgan fingerprint density at radius 2 is 1.55 bits per heavy atom. The molecule has 0 unspecified atom stereocenters. The molecule has 2 aromatic rings. The first-order chi connectivity index (χ1) is 15.6. The first-order valence-corrected chi connectivity index (χ1v) is 12.6. The Balaban J connectivity index is 1.43. The first kappa shape index (κ1) is 23.4. The number of sulfonamides is 1. The Morgan fingerprint density at radius 3 is 2.15 bits per heavy atom. The van der Waals surface area contributed by atoms with Crippen LogP contribution in [0.15, 0.2) is 47.4 Å². The minimum Gasteiger partial charge on any atom is -0.495 e. The van der Waals surface area contributed by atoms with Crippen molar-refractivity contribution >= 4 is 21.7 Å². The summed E-state index contributed by atoms with van der Waals surface area (Å²) >= 11 is 0. The van der Waals surface area contributed by atoms with E-state index in [1.165, 1.54) is 14.0 Å². The summed E-state index contributed by atoms with van der Waals surface area (Å²) in [4.78, 5) is 26.4. The van der Waals surface area contributed by atoms with Crippen LogP contribution in [0.4, 0.5) is 0 Å². The molecule has 8 heteroatoms. The molecule has 2 fully saturated rings. The van der Waals surface area contributed by atoms with Crippen LogP contribution in [0.3, 0.4) is 0 Å². The van der Waals surface area contributed by atoms with Crippen molar-refractivity contribution in [2.24, 2.45) is 5.41 Å². The summed E-state index contributed by atoms with van der Waals surface area (Å²) in [5.41, 5.74) is 1.91. The standard InChI is InChI=1S/C25H30N2O5S/c1-18-4-9-22(32-3)23(16-18)33(30,31)27-15-12-25(17-27)10-13-26(14-11-25)24(29)21-7-5-20(6-8-21)19(2)28/h4-9,16H,10-15,17H2,1-3H3. The van der Waals surface area contributed by atoms with Crippen molar-refractivity contribution < 1.29 is 22.7 Å². The summed E-state index contributed by atoms with van der Waals surface area (Å²) in [6.45, 7) is 5.48. The van der Waals surface area contributed by atoms with Gasteiger partial charge in [-0.3, -0.25) is 9.59 Å². The van der Waals surface area contributed by atoms with Crippen LogP contribution in [0.5, 0.6) is 5.75 Å². The molecule has 2 saturated heterocycles. The Bertz CT molecular complexity index is 1170. The van der Waals surface area contributed by atoms with Crippen LogP contribution < -0.4 is 4.74 Å². The molecule has 1 amide bonds. The van der Waals surface area contributed by atoms with Gasteiger partial charge in [-0.1, -0.05) is 18.2 Å². The molecule has 0 saturated carbocycles. The van der Waals surface area contributed by atoms with Gasteiger partial charge in [0.15, 0.2) is 5.78 Å². The first-order valence-electron chi connectivity index (χ1n) is 11.2. The molecule has 1 spiro atoms. The summed E-state index contributed by atoms with van der Waals surface area (Å²) in [6.07, 6.45) is 2.32. The molecule has 2 aliphatic heterocycles. The van der Waals surface area contributed by atoms with Crippen molar-refractivity contribution in [3.63, 3.8) is 0 Å². The minimum absolute atomic E-state index is 0.0297. The molecule has 0 aromatic heterocycles. The molecule has 176 valence electrons. The highest BCUT2D eigenvalue weighted by Gasteiger charge is 2.45. The lowest BCUT2D eigenvalue weighted by Crippen LogP contribution is -2.44. The van der Waals surface area contributed by atoms with E-state index in [9.17, 15) is 18.0 Å². The number of hydrogen-bond acceptors (Lipinski definition) is 5. The Morgan fingerprint density at radius 1 is 0.939 bits per heavy atom. The maximum atomic E-state index is 13.4. The van der Waals surface area contributed by atoms with E-state index in [-0.39, 0.29) is 22.0 Å². The number of carbonyl (C=O) groups excluding carboxylic acids is 2. The average Bonchev–Trinajstić information content (AvgIpc) is 3.23. The fraction of sp³-hybridized carbons (Fsp3) is 0.440. The van der Waals surface area contributed by atoms with Crippen molar-refractivity contribution in [3.8, 4) is 5.75 Å². The quantitative estimate of drug-likeness (QED) is 0.625. The number of rotatable bonds is 5. The topological polar surface area (TPSA) is 84.0 Å². The highest BCUT2D eigenvalue weighted by Crippen LogP contribution is 2.43. The number of piperidine rings is 1. The third kappa shape index (κ3) is 4.54. The van der Waals surface area contributed by atoms with Crippen molar-refractivity contribution in [1.29, 1.82) is 0 Å². The second-order valence-electron chi connectivity index (χ2n) is 9.17. The van der Waals surface area contributed by atoms with Gasteiger partial charge in [-0.25, -0.2) is 8.42 Å². The largest absolute Gasteiger partial charge is 0.495 e. The maximum absolute atomic E-state index is 13.4. The van der Waals surface area contributed by atoms with E-state index in [0.29, 0.717) is 43.1 Å². The highest BCUT2D eigenvalue weighted by atomic mass is 32.2. The van der Waals surface area contributed by atoms with Gasteiger partial charge in [0, 0.05) is 37.3 Å². The number of benzene rings is 2. The van der Waals surface area contributed by atoms with Gasteiger partial charge >= 0.3 is 0 Å². The Kier molecular flexibility index (Phi) is 6.33. The minimum atomic E-state index is -3.66. The summed E-state index contributed by atoms with van der Waals surface area (Å²) in [5, 5.41) is 0. The van der Waals surface area contributed by atoms with Gasteiger partial charge in [0.25, 0.3) is 5.91 Å². The van der Waals surface area contributed by atoms with Gasteiger partial charge in [-0.2, -0.15) is 4.31 Å². The predicted octanol–water partition coefficient (Wildman–Crippen LogP) is 3.52. The van der Waals surface area contributed by atoms with Crippen LogP contribution in [0.2, 0.25) is 0 Å². The number of aryl methyl sites for hydroxylation is 1. The molecule has 0 radical (unpaired) electrons. The summed E-state index contributed by atoms with van der Waals surface area (Å²) in [6, 6.07) is 12.0. The average molecular weight is 471 g/mol. The van der Waals surface area contributed by atoms with E-state index in [1.807, 2.05) is 17.9 Å². The number of hydrogen-bond donors (Lipinski definition) is 0. The number of ketones is 1. The van der Waals surface area contributed by atoms with E-state index < -0.39 is 10.0 Å². The zero-order valence-electron chi connectivity index (χ0n) is 19.3. The van der Waals surface area contributed by atoms with E-state index >= 15 is 0 Å². The molecule has 0 bridgehead atoms. The second kappa shape index (κ2) is 8.91. The molecule has 0 atom stereocenters. The summed E-state index contributed by atoms with van der Waals surface area (Å²) < 4.78 is 33.7. The van der Waals surface area contributed by atoms with Crippen molar-refractivity contribution in [3.05, 3.63) is 59.2 Å². The van der Waals surface area contributed by atoms with E-state index in [1.54, 1.807) is 40.7 Å². The van der Waals surface area contributed by atoms with Crippen LogP contribution in [0, 0.1) is 12.3 Å². The van der Waals surface area contributed by atoms with Crippen LogP contribution in [-0.2, 0) is 10.0 Å². The van der Waals surface area contributed by atoms with Gasteiger partial charge in [0.05, 0.1) is 7.11 Å². The van der Waals surface area contributed by atoms with E-state index in [0.717, 1.165) is 24.8 Å². The lowest BCUT2D eigenvalue weighted by molar-refractivity contribution is 0.0599. The normalized spacial score (nSPS) is 18.5. The monoisotopic (exact) mass is 470 g/mol. The smallest absolute Gasteiger partial charge is 0.253 e. The molecule has 0 N–H and O–H groups in total. The van der Waals surface area contributed by atoms with Crippen LogP contribution in [0.1, 0.15) is 52.5 Å². The molecule has 0 aliphatic carbocycles. The summed E-state index contributed by atoms with van der Waals surface area (Å²) in [7, 11) is -2.18. The Labute approximate surface area is 195 Å². The SMILES string of the molecule is COc1ccc(C)cc1S(=O)(=O)N1CCC2(CCN(C(=O)c3ccc(C(C)=O)cc3)CC2)C1. The molecule has 2 aromatic carbocycles. The van der Waals surface area contributed by atoms with Gasteiger partial charge in [-0.15, -0.1) is 0 Å². The molecular weight excluding hydrogens is 440 g/mol. The third-order valence-electron chi connectivity index (χ3n) is 6.99. The zero-order chi connectivity index (χ0) is 23.8. The number of amides is 1. The molecule has 2 aliphatic rings. The maximum Gasteiger partial charge on any atom is 0.253 e. The van der Waals surface area contributed by atoms with Gasteiger partial charge in [-0.05, 0) is 68.4 Å². The lowest BCUT2D eigenvalue weighted by atomic mass is 9.78. The van der Waals surface area contributed by atoms with Crippen molar-refractivity contribution in [1.82, 2.24) is 9.21 Å². The van der Waals surface area contributed by atoms with Gasteiger partial charge < -0.3 is 9.64 Å². The van der Waals surface area contributed by atoms with E-state index in [2.05, 4.69) is 0 Å². The van der Waals surface area contributed by atoms with Crippen LogP contribution in [0.25, 0.3) is 0 Å². The number of nitrogens with zero attached hydrogens (tertiary/aromatic N) is 2. The number of ether oxygens (including phenoxy) is 1.